The van der Waals surface area contributed by atoms with Gasteiger partial charge in [-0.25, -0.2) is 4.79 Å². The fourth-order valence-corrected chi connectivity index (χ4v) is 6.28. The molecule has 198 valence electrons. The highest BCUT2D eigenvalue weighted by molar-refractivity contribution is 8.00. The Hall–Kier alpha value is -2.88. The quantitative estimate of drug-likeness (QED) is 0.147. The molecule has 0 aromatic heterocycles. The van der Waals surface area contributed by atoms with Crippen molar-refractivity contribution in [1.29, 1.82) is 0 Å². The predicted molar refractivity (Wildman–Crippen MR) is 146 cm³/mol. The Kier molecular flexibility index (Phi) is 9.99. The van der Waals surface area contributed by atoms with Gasteiger partial charge >= 0.3 is 6.03 Å². The number of thioether (sulfide) groups is 1. The number of aliphatic hydroxyl groups excluding tert-OH is 1. The van der Waals surface area contributed by atoms with Crippen LogP contribution in [0.2, 0.25) is 0 Å². The van der Waals surface area contributed by atoms with Gasteiger partial charge in [-0.3, -0.25) is 9.59 Å². The maximum Gasteiger partial charge on any atom is 0.315 e. The fraction of sp³-hybridized carbons (Fsp3) is 0.464. The minimum atomic E-state index is -0.0543. The summed E-state index contributed by atoms with van der Waals surface area (Å²) >= 11 is 1.91. The summed E-state index contributed by atoms with van der Waals surface area (Å²) in [5.41, 5.74) is 3.12. The Bertz CT molecular complexity index is 1060. The number of benzene rings is 2. The van der Waals surface area contributed by atoms with E-state index in [9.17, 15) is 14.4 Å². The normalized spacial score (nSPS) is 20.2. The third-order valence-electron chi connectivity index (χ3n) is 6.88. The monoisotopic (exact) mass is 524 g/mol. The highest BCUT2D eigenvalue weighted by atomic mass is 32.2. The summed E-state index contributed by atoms with van der Waals surface area (Å²) in [6.45, 7) is 2.10. The number of carbonyl (C=O) groups is 3. The molecule has 0 unspecified atom stereocenters. The van der Waals surface area contributed by atoms with Gasteiger partial charge in [-0.1, -0.05) is 55.0 Å². The van der Waals surface area contributed by atoms with E-state index >= 15 is 0 Å². The van der Waals surface area contributed by atoms with Crippen molar-refractivity contribution in [3.8, 4) is 0 Å². The van der Waals surface area contributed by atoms with Crippen LogP contribution in [0.25, 0.3) is 0 Å². The number of hydrogen-bond acceptors (Lipinski definition) is 6. The van der Waals surface area contributed by atoms with Gasteiger partial charge in [0.25, 0.3) is 0 Å². The van der Waals surface area contributed by atoms with E-state index in [0.717, 1.165) is 49.1 Å². The van der Waals surface area contributed by atoms with Crippen LogP contribution in [0.5, 0.6) is 0 Å². The second kappa shape index (κ2) is 13.6. The first-order valence-electron chi connectivity index (χ1n) is 13.0. The lowest BCUT2D eigenvalue weighted by atomic mass is 10.0. The van der Waals surface area contributed by atoms with Gasteiger partial charge in [-0.15, -0.1) is 0 Å². The lowest BCUT2D eigenvalue weighted by molar-refractivity contribution is -0.121. The Morgan fingerprint density at radius 3 is 2.32 bits per heavy atom. The van der Waals surface area contributed by atoms with E-state index in [1.807, 2.05) is 36.0 Å². The third kappa shape index (κ3) is 7.80. The summed E-state index contributed by atoms with van der Waals surface area (Å²) in [6, 6.07) is 15.0. The number of aliphatic hydroxyl groups is 1. The van der Waals surface area contributed by atoms with Gasteiger partial charge in [-0.2, -0.15) is 11.8 Å². The van der Waals surface area contributed by atoms with Crippen LogP contribution in [0.4, 0.5) is 4.79 Å². The standard InChI is InChI=1S/C28H36N4O4S/c33-17-20-8-12-22(13-9-20)27(35)21-10-6-19(7-11-21)16-29-14-3-15-30-25(34)5-2-1-4-24-26-23(18-37-24)31-28(36)32-26/h6-13,23-24,26,29,33H,1-5,14-18H2,(H,30,34)(H2,31,32,36)/t23-,24-,26-/m0/s1. The molecule has 0 spiro atoms. The van der Waals surface area contributed by atoms with E-state index in [0.29, 0.717) is 35.9 Å². The maximum atomic E-state index is 12.6. The summed E-state index contributed by atoms with van der Waals surface area (Å²) in [5.74, 6) is 1.03. The molecule has 5 N–H and O–H groups in total. The average Bonchev–Trinajstić information content (AvgIpc) is 3.47. The highest BCUT2D eigenvalue weighted by Gasteiger charge is 2.42. The minimum Gasteiger partial charge on any atom is -0.392 e. The second-order valence-corrected chi connectivity index (χ2v) is 10.9. The first-order valence-corrected chi connectivity index (χ1v) is 14.1. The van der Waals surface area contributed by atoms with Gasteiger partial charge < -0.3 is 26.4 Å². The van der Waals surface area contributed by atoms with Crippen LogP contribution in [0.3, 0.4) is 0 Å². The summed E-state index contributed by atoms with van der Waals surface area (Å²) in [5, 5.41) is 21.9. The fourth-order valence-electron chi connectivity index (χ4n) is 4.74. The molecular formula is C28H36N4O4S. The molecule has 2 fully saturated rings. The van der Waals surface area contributed by atoms with E-state index in [1.165, 1.54) is 0 Å². The van der Waals surface area contributed by atoms with E-state index in [4.69, 9.17) is 5.11 Å². The van der Waals surface area contributed by atoms with Gasteiger partial charge in [0.05, 0.1) is 18.7 Å². The van der Waals surface area contributed by atoms with Crippen LogP contribution >= 0.6 is 11.8 Å². The average molecular weight is 525 g/mol. The molecule has 3 atom stereocenters. The summed E-state index contributed by atoms with van der Waals surface area (Å²) < 4.78 is 0. The van der Waals surface area contributed by atoms with Crippen LogP contribution < -0.4 is 21.3 Å². The number of amides is 3. The zero-order valence-electron chi connectivity index (χ0n) is 21.0. The van der Waals surface area contributed by atoms with Crippen LogP contribution in [-0.4, -0.2) is 59.0 Å². The topological polar surface area (TPSA) is 120 Å². The molecular weight excluding hydrogens is 488 g/mol. The minimum absolute atomic E-state index is 0.0367. The molecule has 2 aliphatic rings. The van der Waals surface area contributed by atoms with Crippen LogP contribution in [0, 0.1) is 0 Å². The molecule has 9 heteroatoms. The van der Waals surface area contributed by atoms with E-state index in [2.05, 4.69) is 21.3 Å². The number of nitrogens with one attached hydrogen (secondary N) is 4. The van der Waals surface area contributed by atoms with Crippen LogP contribution in [0.15, 0.2) is 48.5 Å². The Labute approximate surface area is 222 Å². The van der Waals surface area contributed by atoms with Crippen LogP contribution in [-0.2, 0) is 17.9 Å². The number of urea groups is 1. The molecule has 0 radical (unpaired) electrons. The number of carbonyl (C=O) groups excluding carboxylic acids is 3. The molecule has 0 saturated carbocycles. The van der Waals surface area contributed by atoms with Crippen molar-refractivity contribution in [2.75, 3.05) is 18.8 Å². The molecule has 0 bridgehead atoms. The Balaban J connectivity index is 1.03. The molecule has 0 aliphatic carbocycles. The van der Waals surface area contributed by atoms with Crippen molar-refractivity contribution in [3.05, 3.63) is 70.8 Å². The zero-order valence-corrected chi connectivity index (χ0v) is 21.8. The number of rotatable bonds is 14. The molecule has 2 heterocycles. The molecule has 2 saturated heterocycles. The molecule has 8 nitrogen and oxygen atoms in total. The largest absolute Gasteiger partial charge is 0.392 e. The molecule has 3 amide bonds. The number of hydrogen-bond donors (Lipinski definition) is 5. The molecule has 4 rings (SSSR count). The predicted octanol–water partition coefficient (Wildman–Crippen LogP) is 2.73. The van der Waals surface area contributed by atoms with Crippen molar-refractivity contribution in [2.45, 2.75) is 62.6 Å². The molecule has 2 aromatic carbocycles. The van der Waals surface area contributed by atoms with Gasteiger partial charge in [-0.05, 0) is 36.9 Å². The van der Waals surface area contributed by atoms with Crippen molar-refractivity contribution < 1.29 is 19.5 Å². The maximum absolute atomic E-state index is 12.6. The van der Waals surface area contributed by atoms with Gasteiger partial charge in [0.15, 0.2) is 5.78 Å². The number of ketones is 1. The van der Waals surface area contributed by atoms with E-state index < -0.39 is 0 Å². The smallest absolute Gasteiger partial charge is 0.315 e. The summed E-state index contributed by atoms with van der Waals surface area (Å²) in [4.78, 5) is 36.2. The lowest BCUT2D eigenvalue weighted by Crippen LogP contribution is -2.36. The third-order valence-corrected chi connectivity index (χ3v) is 8.39. The first kappa shape index (κ1) is 27.2. The SMILES string of the molecule is O=C(CCCC[C@@H]1SC[C@@H]2NC(=O)N[C@@H]21)NCCCNCc1ccc(C(=O)c2ccc(CO)cc2)cc1. The van der Waals surface area contributed by atoms with Crippen LogP contribution in [0.1, 0.15) is 59.2 Å². The van der Waals surface area contributed by atoms with Crippen molar-refractivity contribution in [2.24, 2.45) is 0 Å². The molecule has 2 aliphatic heterocycles. The van der Waals surface area contributed by atoms with Gasteiger partial charge in [0.2, 0.25) is 5.91 Å². The van der Waals surface area contributed by atoms with Crippen molar-refractivity contribution in [1.82, 2.24) is 21.3 Å². The zero-order chi connectivity index (χ0) is 26.0. The summed E-state index contributed by atoms with van der Waals surface area (Å²) in [6.07, 6.45) is 4.27. The first-order chi connectivity index (χ1) is 18.0. The Morgan fingerprint density at radius 1 is 0.919 bits per heavy atom. The van der Waals surface area contributed by atoms with Gasteiger partial charge in [0, 0.05) is 41.6 Å². The van der Waals surface area contributed by atoms with E-state index in [1.54, 1.807) is 24.3 Å². The van der Waals surface area contributed by atoms with E-state index in [-0.39, 0.29) is 36.4 Å². The highest BCUT2D eigenvalue weighted by Crippen LogP contribution is 2.33. The summed E-state index contributed by atoms with van der Waals surface area (Å²) in [7, 11) is 0. The second-order valence-electron chi connectivity index (χ2n) is 9.63. The lowest BCUT2D eigenvalue weighted by Gasteiger charge is -2.16. The Morgan fingerprint density at radius 2 is 1.62 bits per heavy atom. The van der Waals surface area contributed by atoms with Crippen molar-refractivity contribution in [3.63, 3.8) is 0 Å². The number of fused-ring (bicyclic) bond motifs is 1. The molecule has 2 aromatic rings. The van der Waals surface area contributed by atoms with Gasteiger partial charge in [0.1, 0.15) is 0 Å². The number of unbranched alkanes of at least 4 members (excludes halogenated alkanes) is 1. The van der Waals surface area contributed by atoms with Crippen molar-refractivity contribution >= 4 is 29.5 Å². The molecule has 37 heavy (non-hydrogen) atoms.